The van der Waals surface area contributed by atoms with Crippen molar-refractivity contribution in [3.63, 3.8) is 0 Å². The van der Waals surface area contributed by atoms with Gasteiger partial charge >= 0.3 is 5.97 Å². The molecule has 2 fully saturated rings. The summed E-state index contributed by atoms with van der Waals surface area (Å²) in [4.78, 5) is 25.7. The molecule has 0 spiro atoms. The number of nitrogens with zero attached hydrogens (tertiary/aromatic N) is 7. The summed E-state index contributed by atoms with van der Waals surface area (Å²) in [5, 5.41) is 62.1. The maximum absolute atomic E-state index is 12.9. The Bertz CT molecular complexity index is 2700. The van der Waals surface area contributed by atoms with Crippen LogP contribution in [0, 0.1) is 73.0 Å². The predicted octanol–water partition coefficient (Wildman–Crippen LogP) is 7.61. The summed E-state index contributed by atoms with van der Waals surface area (Å²) >= 11 is 0. The second-order valence-electron chi connectivity index (χ2n) is 14.5. The van der Waals surface area contributed by atoms with E-state index in [0.29, 0.717) is 69.6 Å². The van der Waals surface area contributed by atoms with Crippen molar-refractivity contribution in [3.8, 4) is 46.8 Å². The van der Waals surface area contributed by atoms with Crippen LogP contribution in [0.15, 0.2) is 84.9 Å². The normalized spacial score (nSPS) is 12.8. The number of carbonyl (C=O) groups excluding carboxylic acids is 1. The van der Waals surface area contributed by atoms with E-state index in [-0.39, 0.29) is 29.8 Å². The van der Waals surface area contributed by atoms with Crippen molar-refractivity contribution in [2.75, 3.05) is 26.2 Å². The Morgan fingerprint density at radius 3 is 1.47 bits per heavy atom. The molecule has 4 aromatic carbocycles. The molecule has 0 bridgehead atoms. The van der Waals surface area contributed by atoms with Crippen LogP contribution in [0.4, 0.5) is 0 Å². The van der Waals surface area contributed by atoms with Crippen LogP contribution in [0.2, 0.25) is 0 Å². The molecule has 300 valence electrons. The molecule has 1 amide bonds. The average molecular weight is 817 g/mol. The van der Waals surface area contributed by atoms with Crippen molar-refractivity contribution in [3.05, 3.63) is 152 Å². The fourth-order valence-electron chi connectivity index (χ4n) is 6.76. The number of nitrogens with one attached hydrogen (secondary N) is 3. The van der Waals surface area contributed by atoms with Gasteiger partial charge in [-0.1, -0.05) is 36.4 Å². The Kier molecular flexibility index (Phi) is 14.0. The van der Waals surface area contributed by atoms with Crippen molar-refractivity contribution in [2.45, 2.75) is 39.5 Å². The molecule has 14 heteroatoms. The lowest BCUT2D eigenvalue weighted by molar-refractivity contribution is 0.0601. The second kappa shape index (κ2) is 19.3. The summed E-state index contributed by atoms with van der Waals surface area (Å²) in [6, 6.07) is 34.2. The highest BCUT2D eigenvalue weighted by Gasteiger charge is 2.32. The molecule has 2 aromatic heterocycles. The molecule has 0 atom stereocenters. The minimum atomic E-state index is -0.998. The number of nitriles is 4. The fourth-order valence-corrected chi connectivity index (χ4v) is 6.76. The molecule has 13 nitrogen and oxygen atoms in total. The molecular formula is C46H41ClN10O3. The lowest BCUT2D eigenvalue weighted by Crippen LogP contribution is -2.48. The van der Waals surface area contributed by atoms with Crippen LogP contribution < -0.4 is 5.32 Å². The van der Waals surface area contributed by atoms with Gasteiger partial charge in [-0.3, -0.25) is 15.0 Å². The average Bonchev–Trinajstić information content (AvgIpc) is 3.78. The number of benzene rings is 4. The van der Waals surface area contributed by atoms with Crippen LogP contribution in [-0.4, -0.2) is 68.5 Å². The van der Waals surface area contributed by atoms with Gasteiger partial charge in [0.2, 0.25) is 0 Å². The summed E-state index contributed by atoms with van der Waals surface area (Å²) < 4.78 is 0. The molecular weight excluding hydrogens is 776 g/mol. The molecule has 2 aliphatic heterocycles. The third-order valence-corrected chi connectivity index (χ3v) is 10.6. The van der Waals surface area contributed by atoms with Crippen LogP contribution in [0.25, 0.3) is 22.5 Å². The topological polar surface area (TPSA) is 222 Å². The van der Waals surface area contributed by atoms with Gasteiger partial charge in [0.05, 0.1) is 40.2 Å². The van der Waals surface area contributed by atoms with Crippen molar-refractivity contribution >= 4 is 24.3 Å². The van der Waals surface area contributed by atoms with Crippen LogP contribution in [-0.2, 0) is 0 Å². The van der Waals surface area contributed by atoms with E-state index in [4.69, 9.17) is 20.9 Å². The Morgan fingerprint density at radius 1 is 0.633 bits per heavy atom. The monoisotopic (exact) mass is 816 g/mol. The number of rotatable bonds is 6. The van der Waals surface area contributed by atoms with E-state index < -0.39 is 5.97 Å². The predicted molar refractivity (Wildman–Crippen MR) is 227 cm³/mol. The second-order valence-corrected chi connectivity index (χ2v) is 14.5. The number of hydrogen-bond donors (Lipinski definition) is 4. The van der Waals surface area contributed by atoms with Gasteiger partial charge in [-0.05, 0) is 98.5 Å². The SMILES string of the molecule is Cc1ccc(C(=O)N2CC(c3ccc(C#N)cc3)C2)cc1-c1n[nH]c(C)c1C#N.Cc1ccc(C(=O)O)cc1-c1n[nH]c(C)c1C#N.Cl.N#Cc1ccc(C2CNC2)cc1. The summed E-state index contributed by atoms with van der Waals surface area (Å²) in [5.74, 6) is -0.0718. The van der Waals surface area contributed by atoms with Gasteiger partial charge in [0.15, 0.2) is 0 Å². The van der Waals surface area contributed by atoms with E-state index >= 15 is 0 Å². The zero-order chi connectivity index (χ0) is 42.2. The van der Waals surface area contributed by atoms with Gasteiger partial charge in [-0.25, -0.2) is 4.79 Å². The molecule has 4 N–H and O–H groups in total. The van der Waals surface area contributed by atoms with Gasteiger partial charge in [0.1, 0.15) is 34.7 Å². The fraction of sp³-hybridized carbons (Fsp3) is 0.217. The number of likely N-dealkylation sites (tertiary alicyclic amines) is 1. The van der Waals surface area contributed by atoms with Crippen molar-refractivity contribution < 1.29 is 14.7 Å². The Hall–Kier alpha value is -7.55. The van der Waals surface area contributed by atoms with E-state index in [1.165, 1.54) is 17.7 Å². The first-order valence-corrected chi connectivity index (χ1v) is 18.8. The van der Waals surface area contributed by atoms with Gasteiger partial charge < -0.3 is 15.3 Å². The third-order valence-electron chi connectivity index (χ3n) is 10.6. The molecule has 0 aliphatic carbocycles. The van der Waals surface area contributed by atoms with Crippen molar-refractivity contribution in [1.29, 1.82) is 21.0 Å². The lowest BCUT2D eigenvalue weighted by atomic mass is 9.90. The number of aromatic amines is 2. The van der Waals surface area contributed by atoms with E-state index in [9.17, 15) is 14.9 Å². The van der Waals surface area contributed by atoms with Crippen LogP contribution in [0.3, 0.4) is 0 Å². The molecule has 0 unspecified atom stereocenters. The number of hydrogen-bond acceptors (Lipinski definition) is 9. The smallest absolute Gasteiger partial charge is 0.335 e. The molecule has 4 heterocycles. The Labute approximate surface area is 354 Å². The third kappa shape index (κ3) is 9.42. The summed E-state index contributed by atoms with van der Waals surface area (Å²) in [7, 11) is 0. The number of amides is 1. The molecule has 2 aliphatic rings. The van der Waals surface area contributed by atoms with Gasteiger partial charge in [0, 0.05) is 54.7 Å². The van der Waals surface area contributed by atoms with Gasteiger partial charge in [0.25, 0.3) is 5.91 Å². The maximum atomic E-state index is 12.9. The van der Waals surface area contributed by atoms with Crippen molar-refractivity contribution in [1.82, 2.24) is 30.6 Å². The number of halogens is 1. The number of carbonyl (C=O) groups is 2. The summed E-state index contributed by atoms with van der Waals surface area (Å²) in [5.41, 5.74) is 11.3. The lowest BCUT2D eigenvalue weighted by Gasteiger charge is -2.39. The first kappa shape index (κ1) is 43.6. The highest BCUT2D eigenvalue weighted by Crippen LogP contribution is 2.32. The first-order chi connectivity index (χ1) is 28.5. The number of carboxylic acids is 1. The van der Waals surface area contributed by atoms with Gasteiger partial charge in [-0.15, -0.1) is 12.4 Å². The zero-order valence-corrected chi connectivity index (χ0v) is 34.2. The standard InChI is InChI=1S/C23H19N5O.C13H11N3O2.C10H10N2.ClH/c1-14-3-6-18(9-20(14)22-21(11-25)15(2)26-27-22)23(29)28-12-19(13-28)17-7-4-16(10-24)5-8-17;1-7-3-4-9(13(17)18)5-10(7)12-11(6-14)8(2)15-16-12;11-5-8-1-3-9(4-2-8)10-6-12-7-10;/h3-9,19H,12-13H2,1-2H3,(H,26,27);3-5H,1-2H3,(H,15,16)(H,17,18);1-4,10,12H,6-7H2;1H. The number of aromatic nitrogens is 4. The number of aryl methyl sites for hydroxylation is 4. The zero-order valence-electron chi connectivity index (χ0n) is 33.4. The number of aromatic carboxylic acids is 1. The van der Waals surface area contributed by atoms with E-state index in [0.717, 1.165) is 40.9 Å². The van der Waals surface area contributed by atoms with Crippen molar-refractivity contribution in [2.24, 2.45) is 0 Å². The highest BCUT2D eigenvalue weighted by molar-refractivity contribution is 5.96. The maximum Gasteiger partial charge on any atom is 0.335 e. The Morgan fingerprint density at radius 2 is 1.07 bits per heavy atom. The highest BCUT2D eigenvalue weighted by atomic mass is 35.5. The van der Waals surface area contributed by atoms with Crippen LogP contribution >= 0.6 is 12.4 Å². The molecule has 0 radical (unpaired) electrons. The van der Waals surface area contributed by atoms with Crippen LogP contribution in [0.1, 0.15) is 88.4 Å². The number of H-pyrrole nitrogens is 2. The molecule has 2 saturated heterocycles. The van der Waals surface area contributed by atoms with Crippen LogP contribution in [0.5, 0.6) is 0 Å². The largest absolute Gasteiger partial charge is 0.478 e. The molecule has 8 rings (SSSR count). The molecule has 60 heavy (non-hydrogen) atoms. The number of carboxylic acid groups (broad SMARTS) is 1. The van der Waals surface area contributed by atoms with E-state index in [1.807, 2.05) is 92.4 Å². The van der Waals surface area contributed by atoms with E-state index in [1.54, 1.807) is 13.0 Å². The quantitative estimate of drug-likeness (QED) is 0.129. The first-order valence-electron chi connectivity index (χ1n) is 18.8. The Balaban J connectivity index is 0.000000187. The summed E-state index contributed by atoms with van der Waals surface area (Å²) in [6.07, 6.45) is 0. The minimum absolute atomic E-state index is 0. The molecule has 0 saturated carbocycles. The molecule has 6 aromatic rings. The van der Waals surface area contributed by atoms with E-state index in [2.05, 4.69) is 50.0 Å². The van der Waals surface area contributed by atoms with Gasteiger partial charge in [-0.2, -0.15) is 31.2 Å². The minimum Gasteiger partial charge on any atom is -0.478 e. The summed E-state index contributed by atoms with van der Waals surface area (Å²) in [6.45, 7) is 10.8.